The fourth-order valence-corrected chi connectivity index (χ4v) is 1.07. The molecule has 0 aliphatic carbocycles. The van der Waals surface area contributed by atoms with Crippen LogP contribution in [0.15, 0.2) is 24.3 Å². The number of benzene rings is 1. The molecule has 88 valence electrons. The summed E-state index contributed by atoms with van der Waals surface area (Å²) in [5.74, 6) is 0.0236. The molecule has 0 spiro atoms. The van der Waals surface area contributed by atoms with Crippen molar-refractivity contribution in [1.29, 1.82) is 0 Å². The van der Waals surface area contributed by atoms with Crippen LogP contribution in [0, 0.1) is 12.8 Å². The highest BCUT2D eigenvalue weighted by Gasteiger charge is 2.31. The Morgan fingerprint density at radius 3 is 2.19 bits per heavy atom. The third kappa shape index (κ3) is 5.30. The van der Waals surface area contributed by atoms with Crippen molar-refractivity contribution in [3.63, 3.8) is 0 Å². The van der Waals surface area contributed by atoms with Crippen LogP contribution in [0.4, 0.5) is 13.2 Å². The summed E-state index contributed by atoms with van der Waals surface area (Å²) in [5, 5.41) is 0. The van der Waals surface area contributed by atoms with E-state index in [0.29, 0.717) is 0 Å². The lowest BCUT2D eigenvalue weighted by molar-refractivity contribution is -0.274. The zero-order valence-electron chi connectivity index (χ0n) is 9.08. The van der Waals surface area contributed by atoms with Gasteiger partial charge in [-0.05, 0) is 23.6 Å². The molecule has 0 saturated carbocycles. The Morgan fingerprint density at radius 1 is 1.19 bits per heavy atom. The summed E-state index contributed by atoms with van der Waals surface area (Å²) in [5.41, 5.74) is 0.826. The number of hydrogen-bond acceptors (Lipinski definition) is 1. The van der Waals surface area contributed by atoms with Gasteiger partial charge in [0.25, 0.3) is 0 Å². The standard InChI is InChI=1S/C10H11F3O.C2H2/c1-7(2)8-4-3-5-9(6-8)14-10(11,12)13;1-2/h3-7H,1-2H3;1-2H. The van der Waals surface area contributed by atoms with E-state index in [1.807, 2.05) is 13.8 Å². The molecule has 0 atom stereocenters. The van der Waals surface area contributed by atoms with E-state index < -0.39 is 6.36 Å². The van der Waals surface area contributed by atoms with Gasteiger partial charge in [0.15, 0.2) is 0 Å². The van der Waals surface area contributed by atoms with Crippen molar-refractivity contribution in [2.45, 2.75) is 26.1 Å². The summed E-state index contributed by atoms with van der Waals surface area (Å²) in [4.78, 5) is 0. The predicted octanol–water partition coefficient (Wildman–Crippen LogP) is 3.96. The minimum Gasteiger partial charge on any atom is -0.406 e. The molecule has 0 saturated heterocycles. The van der Waals surface area contributed by atoms with Crippen molar-refractivity contribution >= 4 is 0 Å². The fraction of sp³-hybridized carbons (Fsp3) is 0.333. The minimum atomic E-state index is -4.62. The van der Waals surface area contributed by atoms with Crippen LogP contribution in [-0.2, 0) is 0 Å². The van der Waals surface area contributed by atoms with E-state index in [9.17, 15) is 13.2 Å². The van der Waals surface area contributed by atoms with Crippen LogP contribution < -0.4 is 4.74 Å². The van der Waals surface area contributed by atoms with E-state index in [4.69, 9.17) is 0 Å². The van der Waals surface area contributed by atoms with Crippen LogP contribution in [0.1, 0.15) is 25.3 Å². The maximum atomic E-state index is 11.9. The Kier molecular flexibility index (Phi) is 5.44. The van der Waals surface area contributed by atoms with Gasteiger partial charge in [-0.2, -0.15) is 0 Å². The van der Waals surface area contributed by atoms with Gasteiger partial charge in [0, 0.05) is 0 Å². The summed E-state index contributed by atoms with van der Waals surface area (Å²) >= 11 is 0. The summed E-state index contributed by atoms with van der Waals surface area (Å²) in [7, 11) is 0. The number of hydrogen-bond donors (Lipinski definition) is 0. The number of rotatable bonds is 2. The Bertz CT molecular complexity index is 340. The molecule has 0 unspecified atom stereocenters. The maximum Gasteiger partial charge on any atom is 0.573 e. The lowest BCUT2D eigenvalue weighted by Crippen LogP contribution is -2.17. The molecule has 1 aromatic rings. The molecule has 0 fully saturated rings. The van der Waals surface area contributed by atoms with Crippen molar-refractivity contribution in [3.05, 3.63) is 29.8 Å². The Hall–Kier alpha value is -1.63. The average molecular weight is 230 g/mol. The molecule has 0 heterocycles. The number of terminal acetylenes is 1. The lowest BCUT2D eigenvalue weighted by Gasteiger charge is -2.11. The SMILES string of the molecule is C#C.CC(C)c1cccc(OC(F)(F)F)c1. The highest BCUT2D eigenvalue weighted by atomic mass is 19.4. The van der Waals surface area contributed by atoms with Crippen LogP contribution in [0.25, 0.3) is 0 Å². The van der Waals surface area contributed by atoms with Crippen molar-refractivity contribution < 1.29 is 17.9 Å². The van der Waals surface area contributed by atoms with Crippen LogP contribution in [-0.4, -0.2) is 6.36 Å². The second-order valence-corrected chi connectivity index (χ2v) is 3.27. The number of halogens is 3. The fourth-order valence-electron chi connectivity index (χ4n) is 1.07. The molecule has 1 nitrogen and oxygen atoms in total. The topological polar surface area (TPSA) is 9.23 Å². The van der Waals surface area contributed by atoms with Crippen molar-refractivity contribution in [2.75, 3.05) is 0 Å². The molecule has 16 heavy (non-hydrogen) atoms. The first-order valence-electron chi connectivity index (χ1n) is 4.57. The summed E-state index contributed by atoms with van der Waals surface area (Å²) in [6, 6.07) is 6.02. The largest absolute Gasteiger partial charge is 0.573 e. The molecule has 0 radical (unpaired) electrons. The molecule has 0 aliphatic heterocycles. The molecule has 0 aliphatic rings. The second kappa shape index (κ2) is 6.06. The van der Waals surface area contributed by atoms with E-state index in [0.717, 1.165) is 5.56 Å². The highest BCUT2D eigenvalue weighted by Crippen LogP contribution is 2.25. The molecular formula is C12H13F3O. The summed E-state index contributed by atoms with van der Waals surface area (Å²) in [6.45, 7) is 3.82. The molecule has 0 bridgehead atoms. The van der Waals surface area contributed by atoms with E-state index in [1.165, 1.54) is 12.1 Å². The molecule has 1 rings (SSSR count). The monoisotopic (exact) mass is 230 g/mol. The number of alkyl halides is 3. The van der Waals surface area contributed by atoms with Gasteiger partial charge in [-0.1, -0.05) is 26.0 Å². The van der Waals surface area contributed by atoms with Crippen molar-refractivity contribution in [1.82, 2.24) is 0 Å². The molecule has 0 N–H and O–H groups in total. The maximum absolute atomic E-state index is 11.9. The Labute approximate surface area is 93.2 Å². The van der Waals surface area contributed by atoms with Crippen molar-refractivity contribution in [3.8, 4) is 18.6 Å². The molecule has 0 aromatic heterocycles. The van der Waals surface area contributed by atoms with Gasteiger partial charge in [0.2, 0.25) is 0 Å². The minimum absolute atomic E-state index is 0.163. The zero-order chi connectivity index (χ0) is 12.8. The van der Waals surface area contributed by atoms with Gasteiger partial charge in [-0.3, -0.25) is 0 Å². The van der Waals surface area contributed by atoms with E-state index in [-0.39, 0.29) is 11.7 Å². The molecular weight excluding hydrogens is 217 g/mol. The first-order chi connectivity index (χ1) is 7.38. The molecule has 4 heteroatoms. The average Bonchev–Trinajstić information content (AvgIpc) is 2.18. The van der Waals surface area contributed by atoms with E-state index in [1.54, 1.807) is 12.1 Å². The van der Waals surface area contributed by atoms with Crippen LogP contribution in [0.2, 0.25) is 0 Å². The van der Waals surface area contributed by atoms with Gasteiger partial charge in [-0.25, -0.2) is 0 Å². The smallest absolute Gasteiger partial charge is 0.406 e. The first-order valence-corrected chi connectivity index (χ1v) is 4.57. The van der Waals surface area contributed by atoms with Crippen molar-refractivity contribution in [2.24, 2.45) is 0 Å². The zero-order valence-corrected chi connectivity index (χ0v) is 9.08. The van der Waals surface area contributed by atoms with Gasteiger partial charge >= 0.3 is 6.36 Å². The second-order valence-electron chi connectivity index (χ2n) is 3.27. The quantitative estimate of drug-likeness (QED) is 0.699. The number of ether oxygens (including phenoxy) is 1. The van der Waals surface area contributed by atoms with E-state index >= 15 is 0 Å². The molecule has 0 amide bonds. The van der Waals surface area contributed by atoms with Gasteiger partial charge in [0.05, 0.1) is 0 Å². The van der Waals surface area contributed by atoms with Gasteiger partial charge < -0.3 is 4.74 Å². The normalized spacial score (nSPS) is 10.5. The summed E-state index contributed by atoms with van der Waals surface area (Å²) in [6.07, 6.45) is 3.38. The third-order valence-electron chi connectivity index (χ3n) is 1.76. The Morgan fingerprint density at radius 2 is 1.75 bits per heavy atom. The summed E-state index contributed by atoms with van der Waals surface area (Å²) < 4.78 is 39.3. The lowest BCUT2D eigenvalue weighted by atomic mass is 10.0. The first kappa shape index (κ1) is 14.4. The van der Waals surface area contributed by atoms with Crippen LogP contribution >= 0.6 is 0 Å². The Balaban J connectivity index is 0.00000106. The highest BCUT2D eigenvalue weighted by molar-refractivity contribution is 5.30. The van der Waals surface area contributed by atoms with Crippen LogP contribution in [0.5, 0.6) is 5.75 Å². The van der Waals surface area contributed by atoms with E-state index in [2.05, 4.69) is 17.6 Å². The van der Waals surface area contributed by atoms with Gasteiger partial charge in [-0.15, -0.1) is 26.0 Å². The third-order valence-corrected chi connectivity index (χ3v) is 1.76. The predicted molar refractivity (Wildman–Crippen MR) is 57.1 cm³/mol. The molecule has 1 aromatic carbocycles. The van der Waals surface area contributed by atoms with Crippen LogP contribution in [0.3, 0.4) is 0 Å². The van der Waals surface area contributed by atoms with Gasteiger partial charge in [0.1, 0.15) is 5.75 Å².